The number of aryl methyl sites for hydroxylation is 1. The van der Waals surface area contributed by atoms with E-state index in [1.54, 1.807) is 24.0 Å². The van der Waals surface area contributed by atoms with Gasteiger partial charge in [-0.05, 0) is 17.7 Å². The van der Waals surface area contributed by atoms with Crippen LogP contribution < -0.4 is 4.74 Å². The molecule has 0 aliphatic heterocycles. The predicted molar refractivity (Wildman–Crippen MR) is 55.6 cm³/mol. The molecule has 1 N–H and O–H groups in total. The molecule has 1 heterocycles. The van der Waals surface area contributed by atoms with Crippen LogP contribution in [0.2, 0.25) is 0 Å². The minimum absolute atomic E-state index is 0.221. The van der Waals surface area contributed by atoms with Crippen molar-refractivity contribution in [2.75, 3.05) is 0 Å². The molecule has 0 saturated heterocycles. The molecule has 1 aromatic heterocycles. The number of aliphatic hydroxyl groups is 1. The van der Waals surface area contributed by atoms with E-state index in [1.807, 2.05) is 0 Å². The Morgan fingerprint density at radius 1 is 1.38 bits per heavy atom. The summed E-state index contributed by atoms with van der Waals surface area (Å²) in [5.74, 6) is 0.430. The number of rotatable bonds is 3. The van der Waals surface area contributed by atoms with Crippen molar-refractivity contribution < 1.29 is 14.2 Å². The van der Waals surface area contributed by atoms with Crippen molar-refractivity contribution in [1.29, 1.82) is 0 Å². The van der Waals surface area contributed by atoms with Crippen molar-refractivity contribution in [3.05, 3.63) is 42.0 Å². The molecule has 0 unspecified atom stereocenters. The summed E-state index contributed by atoms with van der Waals surface area (Å²) >= 11 is 0. The molecule has 0 fully saturated rings. The third-order valence-corrected chi connectivity index (χ3v) is 2.03. The average molecular weight is 222 g/mol. The third kappa shape index (κ3) is 2.38. The Bertz CT molecular complexity index is 496. The highest BCUT2D eigenvalue weighted by atomic mass is 19.1. The molecule has 2 aromatic rings. The van der Waals surface area contributed by atoms with Crippen LogP contribution in [0.1, 0.15) is 5.56 Å². The maximum Gasteiger partial charge on any atom is 0.165 e. The SMILES string of the molecule is Cn1cc(Oc2cc(F)cc(CO)c2)cn1. The van der Waals surface area contributed by atoms with E-state index < -0.39 is 5.82 Å². The van der Waals surface area contributed by atoms with E-state index in [0.29, 0.717) is 17.1 Å². The van der Waals surface area contributed by atoms with Crippen LogP contribution in [0.15, 0.2) is 30.6 Å². The molecule has 0 atom stereocenters. The number of hydrogen-bond acceptors (Lipinski definition) is 3. The van der Waals surface area contributed by atoms with Gasteiger partial charge in [-0.15, -0.1) is 0 Å². The normalized spacial score (nSPS) is 10.4. The van der Waals surface area contributed by atoms with Gasteiger partial charge in [0.2, 0.25) is 0 Å². The van der Waals surface area contributed by atoms with Gasteiger partial charge in [-0.25, -0.2) is 4.39 Å². The maximum absolute atomic E-state index is 13.1. The average Bonchev–Trinajstić information content (AvgIpc) is 2.63. The lowest BCUT2D eigenvalue weighted by molar-refractivity contribution is 0.280. The molecule has 0 bridgehead atoms. The Labute approximate surface area is 91.9 Å². The lowest BCUT2D eigenvalue weighted by Gasteiger charge is -2.04. The zero-order chi connectivity index (χ0) is 11.5. The number of aromatic nitrogens is 2. The summed E-state index contributed by atoms with van der Waals surface area (Å²) in [5, 5.41) is 12.8. The van der Waals surface area contributed by atoms with E-state index >= 15 is 0 Å². The monoisotopic (exact) mass is 222 g/mol. The number of ether oxygens (including phenoxy) is 1. The summed E-state index contributed by atoms with van der Waals surface area (Å²) in [6, 6.07) is 4.10. The van der Waals surface area contributed by atoms with Crippen LogP contribution in [0.4, 0.5) is 4.39 Å². The van der Waals surface area contributed by atoms with Gasteiger partial charge in [0.1, 0.15) is 11.6 Å². The fraction of sp³-hybridized carbons (Fsp3) is 0.182. The second-order valence-electron chi connectivity index (χ2n) is 3.41. The highest BCUT2D eigenvalue weighted by Gasteiger charge is 2.03. The number of nitrogens with zero attached hydrogens (tertiary/aromatic N) is 2. The minimum Gasteiger partial charge on any atom is -0.454 e. The summed E-state index contributed by atoms with van der Waals surface area (Å²) < 4.78 is 20.1. The minimum atomic E-state index is -0.439. The molecular formula is C11H11FN2O2. The van der Waals surface area contributed by atoms with Gasteiger partial charge in [-0.2, -0.15) is 5.10 Å². The first kappa shape index (κ1) is 10.6. The zero-order valence-electron chi connectivity index (χ0n) is 8.72. The fourth-order valence-electron chi connectivity index (χ4n) is 1.36. The topological polar surface area (TPSA) is 47.3 Å². The van der Waals surface area contributed by atoms with E-state index in [2.05, 4.69) is 5.10 Å². The molecule has 0 spiro atoms. The molecule has 0 aliphatic rings. The Morgan fingerprint density at radius 3 is 2.81 bits per heavy atom. The number of aliphatic hydroxyl groups excluding tert-OH is 1. The largest absolute Gasteiger partial charge is 0.454 e. The van der Waals surface area contributed by atoms with Gasteiger partial charge in [0.15, 0.2) is 5.75 Å². The first-order chi connectivity index (χ1) is 7.67. The highest BCUT2D eigenvalue weighted by molar-refractivity contribution is 5.32. The first-order valence-corrected chi connectivity index (χ1v) is 4.74. The molecule has 16 heavy (non-hydrogen) atoms. The van der Waals surface area contributed by atoms with Crippen LogP contribution in [-0.4, -0.2) is 14.9 Å². The van der Waals surface area contributed by atoms with E-state index in [-0.39, 0.29) is 6.61 Å². The second-order valence-corrected chi connectivity index (χ2v) is 3.41. The summed E-state index contributed by atoms with van der Waals surface area (Å²) in [6.07, 6.45) is 3.20. The third-order valence-electron chi connectivity index (χ3n) is 2.03. The molecular weight excluding hydrogens is 211 g/mol. The van der Waals surface area contributed by atoms with E-state index in [0.717, 1.165) is 0 Å². The summed E-state index contributed by atoms with van der Waals surface area (Å²) in [4.78, 5) is 0. The van der Waals surface area contributed by atoms with E-state index in [9.17, 15) is 4.39 Å². The molecule has 84 valence electrons. The summed E-state index contributed by atoms with van der Waals surface area (Å²) in [7, 11) is 1.76. The van der Waals surface area contributed by atoms with Gasteiger partial charge in [0.25, 0.3) is 0 Å². The van der Waals surface area contributed by atoms with Crippen molar-refractivity contribution >= 4 is 0 Å². The highest BCUT2D eigenvalue weighted by Crippen LogP contribution is 2.22. The number of benzene rings is 1. The van der Waals surface area contributed by atoms with Crippen LogP contribution in [-0.2, 0) is 13.7 Å². The molecule has 1 aromatic carbocycles. The Hall–Kier alpha value is -1.88. The molecule has 0 saturated carbocycles. The van der Waals surface area contributed by atoms with Gasteiger partial charge in [-0.3, -0.25) is 4.68 Å². The van der Waals surface area contributed by atoms with E-state index in [4.69, 9.17) is 9.84 Å². The van der Waals surface area contributed by atoms with Gasteiger partial charge in [0.05, 0.1) is 19.0 Å². The molecule has 4 nitrogen and oxygen atoms in total. The lowest BCUT2D eigenvalue weighted by atomic mass is 10.2. The smallest absolute Gasteiger partial charge is 0.165 e. The first-order valence-electron chi connectivity index (χ1n) is 4.74. The molecule has 0 amide bonds. The van der Waals surface area contributed by atoms with Crippen LogP contribution in [0.5, 0.6) is 11.5 Å². The van der Waals surface area contributed by atoms with Crippen molar-refractivity contribution in [3.63, 3.8) is 0 Å². The van der Waals surface area contributed by atoms with Crippen molar-refractivity contribution in [2.24, 2.45) is 7.05 Å². The second kappa shape index (κ2) is 4.32. The lowest BCUT2D eigenvalue weighted by Crippen LogP contribution is -1.89. The van der Waals surface area contributed by atoms with Crippen molar-refractivity contribution in [2.45, 2.75) is 6.61 Å². The fourth-order valence-corrected chi connectivity index (χ4v) is 1.36. The Kier molecular flexibility index (Phi) is 2.87. The van der Waals surface area contributed by atoms with Crippen molar-refractivity contribution in [3.8, 4) is 11.5 Å². The van der Waals surface area contributed by atoms with Gasteiger partial charge in [0, 0.05) is 13.1 Å². The van der Waals surface area contributed by atoms with Crippen LogP contribution in [0, 0.1) is 5.82 Å². The standard InChI is InChI=1S/C11H11FN2O2/c1-14-6-11(5-13-14)16-10-3-8(7-15)2-9(12)4-10/h2-6,15H,7H2,1H3. The van der Waals surface area contributed by atoms with Crippen molar-refractivity contribution in [1.82, 2.24) is 9.78 Å². The van der Waals surface area contributed by atoms with Gasteiger partial charge >= 0.3 is 0 Å². The molecule has 0 aliphatic carbocycles. The Morgan fingerprint density at radius 2 is 2.19 bits per heavy atom. The predicted octanol–water partition coefficient (Wildman–Crippen LogP) is 1.84. The number of halogens is 1. The zero-order valence-corrected chi connectivity index (χ0v) is 8.72. The summed E-state index contributed by atoms with van der Waals surface area (Å²) in [6.45, 7) is -0.221. The van der Waals surface area contributed by atoms with Gasteiger partial charge < -0.3 is 9.84 Å². The molecule has 2 rings (SSSR count). The van der Waals surface area contributed by atoms with Crippen LogP contribution in [0.3, 0.4) is 0 Å². The van der Waals surface area contributed by atoms with Crippen LogP contribution in [0.25, 0.3) is 0 Å². The summed E-state index contributed by atoms with van der Waals surface area (Å²) in [5.41, 5.74) is 0.471. The van der Waals surface area contributed by atoms with Gasteiger partial charge in [-0.1, -0.05) is 0 Å². The Balaban J connectivity index is 2.24. The molecule has 5 heteroatoms. The van der Waals surface area contributed by atoms with Crippen LogP contribution >= 0.6 is 0 Å². The quantitative estimate of drug-likeness (QED) is 0.862. The molecule has 0 radical (unpaired) electrons. The maximum atomic E-state index is 13.1. The number of hydrogen-bond donors (Lipinski definition) is 1. The van der Waals surface area contributed by atoms with E-state index in [1.165, 1.54) is 18.3 Å².